The summed E-state index contributed by atoms with van der Waals surface area (Å²) in [7, 11) is -4.99. The van der Waals surface area contributed by atoms with Crippen molar-refractivity contribution >= 4 is 19.9 Å². The number of hydrogen-bond donors (Lipinski definition) is 0. The highest BCUT2D eigenvalue weighted by Gasteiger charge is 2.12. The van der Waals surface area contributed by atoms with E-state index in [9.17, 15) is 16.8 Å². The molecule has 0 atom stereocenters. The van der Waals surface area contributed by atoms with Gasteiger partial charge in [0.15, 0.2) is 0 Å². The summed E-state index contributed by atoms with van der Waals surface area (Å²) >= 11 is 0. The SMILES string of the molecule is CN(CCS(C)(=O)=O)S(C)(=O)=O. The first kappa shape index (κ1) is 11.9. The Morgan fingerprint density at radius 1 is 1.08 bits per heavy atom. The maximum absolute atomic E-state index is 10.8. The number of sulfonamides is 1. The second-order valence-electron chi connectivity index (χ2n) is 2.71. The van der Waals surface area contributed by atoms with E-state index >= 15 is 0 Å². The molecule has 0 saturated carbocycles. The first-order chi connectivity index (χ1) is 5.13. The van der Waals surface area contributed by atoms with E-state index in [1.54, 1.807) is 0 Å². The smallest absolute Gasteiger partial charge is 0.210 e. The van der Waals surface area contributed by atoms with Crippen molar-refractivity contribution in [1.29, 1.82) is 0 Å². The van der Waals surface area contributed by atoms with Crippen LogP contribution in [0.1, 0.15) is 0 Å². The van der Waals surface area contributed by atoms with Crippen LogP contribution in [-0.4, -0.2) is 53.0 Å². The van der Waals surface area contributed by atoms with Crippen molar-refractivity contribution in [1.82, 2.24) is 4.31 Å². The fraction of sp³-hybridized carbons (Fsp3) is 1.00. The molecular formula is C5H13NO4S2. The van der Waals surface area contributed by atoms with Crippen molar-refractivity contribution in [2.45, 2.75) is 0 Å². The van der Waals surface area contributed by atoms with Crippen LogP contribution in [0.5, 0.6) is 0 Å². The fourth-order valence-electron chi connectivity index (χ4n) is 0.460. The predicted octanol–water partition coefficient (Wildman–Crippen LogP) is -1.08. The summed E-state index contributed by atoms with van der Waals surface area (Å²) in [6, 6.07) is 0. The van der Waals surface area contributed by atoms with Crippen LogP contribution in [0.15, 0.2) is 0 Å². The van der Waals surface area contributed by atoms with Crippen LogP contribution in [0.4, 0.5) is 0 Å². The number of hydrogen-bond acceptors (Lipinski definition) is 4. The van der Waals surface area contributed by atoms with Gasteiger partial charge in [-0.3, -0.25) is 0 Å². The van der Waals surface area contributed by atoms with Gasteiger partial charge in [0.25, 0.3) is 0 Å². The molecule has 0 saturated heterocycles. The van der Waals surface area contributed by atoms with Gasteiger partial charge in [0.05, 0.1) is 12.0 Å². The molecule has 0 fully saturated rings. The molecule has 0 rings (SSSR count). The zero-order valence-corrected chi connectivity index (χ0v) is 8.94. The highest BCUT2D eigenvalue weighted by Crippen LogP contribution is 1.93. The Morgan fingerprint density at radius 2 is 1.50 bits per heavy atom. The molecule has 12 heavy (non-hydrogen) atoms. The van der Waals surface area contributed by atoms with Gasteiger partial charge in [-0.25, -0.2) is 21.1 Å². The minimum atomic E-state index is -3.26. The highest BCUT2D eigenvalue weighted by molar-refractivity contribution is 7.90. The zero-order valence-electron chi connectivity index (χ0n) is 7.31. The maximum Gasteiger partial charge on any atom is 0.210 e. The fourth-order valence-corrected chi connectivity index (χ4v) is 1.60. The van der Waals surface area contributed by atoms with E-state index in [4.69, 9.17) is 0 Å². The summed E-state index contributed by atoms with van der Waals surface area (Å²) in [5, 5.41) is 0. The second-order valence-corrected chi connectivity index (χ2v) is 7.06. The Morgan fingerprint density at radius 3 is 1.75 bits per heavy atom. The minimum Gasteiger partial charge on any atom is -0.229 e. The molecule has 0 aromatic carbocycles. The molecule has 7 heteroatoms. The van der Waals surface area contributed by atoms with Gasteiger partial charge in [0.2, 0.25) is 10.0 Å². The molecule has 0 N–H and O–H groups in total. The van der Waals surface area contributed by atoms with Crippen molar-refractivity contribution in [3.8, 4) is 0 Å². The summed E-state index contributed by atoms with van der Waals surface area (Å²) < 4.78 is 43.8. The molecule has 0 aliphatic rings. The lowest BCUT2D eigenvalue weighted by Crippen LogP contribution is -2.30. The van der Waals surface area contributed by atoms with Gasteiger partial charge in [-0.05, 0) is 0 Å². The van der Waals surface area contributed by atoms with Gasteiger partial charge in [-0.2, -0.15) is 0 Å². The molecule has 74 valence electrons. The van der Waals surface area contributed by atoms with Gasteiger partial charge in [-0.15, -0.1) is 0 Å². The van der Waals surface area contributed by atoms with Gasteiger partial charge >= 0.3 is 0 Å². The van der Waals surface area contributed by atoms with Crippen LogP contribution in [0.3, 0.4) is 0 Å². The largest absolute Gasteiger partial charge is 0.229 e. The van der Waals surface area contributed by atoms with Gasteiger partial charge in [0, 0.05) is 19.8 Å². The quantitative estimate of drug-likeness (QED) is 0.598. The zero-order chi connectivity index (χ0) is 9.99. The van der Waals surface area contributed by atoms with E-state index in [2.05, 4.69) is 0 Å². The third-order valence-electron chi connectivity index (χ3n) is 1.34. The molecule has 0 aromatic heterocycles. The van der Waals surface area contributed by atoms with Crippen molar-refractivity contribution < 1.29 is 16.8 Å². The second kappa shape index (κ2) is 3.71. The van der Waals surface area contributed by atoms with Gasteiger partial charge in [-0.1, -0.05) is 0 Å². The van der Waals surface area contributed by atoms with Crippen LogP contribution >= 0.6 is 0 Å². The summed E-state index contributed by atoms with van der Waals surface area (Å²) in [5.41, 5.74) is 0. The first-order valence-corrected chi connectivity index (χ1v) is 7.13. The van der Waals surface area contributed by atoms with Crippen LogP contribution in [0.25, 0.3) is 0 Å². The normalized spacial score (nSPS) is 13.7. The summed E-state index contributed by atoms with van der Waals surface area (Å²) in [6.07, 6.45) is 2.11. The third kappa shape index (κ3) is 5.50. The van der Waals surface area contributed by atoms with E-state index in [-0.39, 0.29) is 12.3 Å². The van der Waals surface area contributed by atoms with Crippen molar-refractivity contribution in [2.24, 2.45) is 0 Å². The average Bonchev–Trinajstić information content (AvgIpc) is 1.78. The van der Waals surface area contributed by atoms with E-state index < -0.39 is 19.9 Å². The molecule has 0 aromatic rings. The summed E-state index contributed by atoms with van der Waals surface area (Å²) in [6.45, 7) is 0.0116. The van der Waals surface area contributed by atoms with Crippen LogP contribution in [0.2, 0.25) is 0 Å². The lowest BCUT2D eigenvalue weighted by atomic mass is 10.8. The lowest BCUT2D eigenvalue weighted by Gasteiger charge is -2.12. The lowest BCUT2D eigenvalue weighted by molar-refractivity contribution is 0.490. The topological polar surface area (TPSA) is 71.5 Å². The molecule has 0 unspecified atom stereocenters. The maximum atomic E-state index is 10.8. The molecule has 0 spiro atoms. The minimum absolute atomic E-state index is 0.0116. The van der Waals surface area contributed by atoms with Crippen LogP contribution < -0.4 is 0 Å². The average molecular weight is 215 g/mol. The van der Waals surface area contributed by atoms with Gasteiger partial charge in [0.1, 0.15) is 9.84 Å². The number of sulfone groups is 1. The highest BCUT2D eigenvalue weighted by atomic mass is 32.2. The van der Waals surface area contributed by atoms with E-state index in [1.165, 1.54) is 7.05 Å². The van der Waals surface area contributed by atoms with Crippen LogP contribution in [-0.2, 0) is 19.9 Å². The Bertz CT molecular complexity index is 328. The molecule has 5 nitrogen and oxygen atoms in total. The molecule has 0 radical (unpaired) electrons. The molecule has 0 heterocycles. The van der Waals surface area contributed by atoms with Gasteiger partial charge < -0.3 is 0 Å². The van der Waals surface area contributed by atoms with E-state index in [1.807, 2.05) is 0 Å². The molecule has 0 bridgehead atoms. The van der Waals surface area contributed by atoms with E-state index in [0.29, 0.717) is 0 Å². The summed E-state index contributed by atoms with van der Waals surface area (Å²) in [5.74, 6) is -0.142. The van der Waals surface area contributed by atoms with Crippen molar-refractivity contribution in [3.05, 3.63) is 0 Å². The Labute approximate surface area is 73.3 Å². The molecule has 0 aliphatic carbocycles. The number of nitrogens with zero attached hydrogens (tertiary/aromatic N) is 1. The molecule has 0 aliphatic heterocycles. The van der Waals surface area contributed by atoms with Crippen molar-refractivity contribution in [3.63, 3.8) is 0 Å². The molecular weight excluding hydrogens is 202 g/mol. The Kier molecular flexibility index (Phi) is 3.67. The van der Waals surface area contributed by atoms with Crippen molar-refractivity contribution in [2.75, 3.05) is 31.9 Å². The Balaban J connectivity index is 4.16. The van der Waals surface area contributed by atoms with E-state index in [0.717, 1.165) is 16.8 Å². The van der Waals surface area contributed by atoms with Crippen LogP contribution in [0, 0.1) is 0 Å². The molecule has 0 amide bonds. The summed E-state index contributed by atoms with van der Waals surface area (Å²) in [4.78, 5) is 0. The Hall–Kier alpha value is -0.140. The number of rotatable bonds is 4. The predicted molar refractivity (Wildman–Crippen MR) is 47.2 cm³/mol. The monoisotopic (exact) mass is 215 g/mol. The standard InChI is InChI=1S/C5H13NO4S2/c1-6(12(3,9)10)4-5-11(2,7)8/h4-5H2,1-3H3. The third-order valence-corrected chi connectivity index (χ3v) is 3.58. The first-order valence-electron chi connectivity index (χ1n) is 3.22.